The third-order valence-corrected chi connectivity index (χ3v) is 3.97. The standard InChI is InChI=1S/C14H12N2O4S/c1-9-3-5-11(7-13(9)15(17)18)21-12-6-4-10(2)14(8-12)16(19)20/h3-8H,1-2H3. The van der Waals surface area contributed by atoms with Gasteiger partial charge in [-0.2, -0.15) is 0 Å². The Morgan fingerprint density at radius 2 is 1.19 bits per heavy atom. The van der Waals surface area contributed by atoms with Crippen molar-refractivity contribution in [3.63, 3.8) is 0 Å². The molecule has 108 valence electrons. The van der Waals surface area contributed by atoms with Crippen molar-refractivity contribution in [2.75, 3.05) is 0 Å². The van der Waals surface area contributed by atoms with Crippen molar-refractivity contribution < 1.29 is 9.85 Å². The quantitative estimate of drug-likeness (QED) is 0.621. The van der Waals surface area contributed by atoms with E-state index >= 15 is 0 Å². The van der Waals surface area contributed by atoms with E-state index in [1.165, 1.54) is 23.9 Å². The predicted molar refractivity (Wildman–Crippen MR) is 79.8 cm³/mol. The fourth-order valence-electron chi connectivity index (χ4n) is 1.83. The average molecular weight is 304 g/mol. The number of nitro benzene ring substituents is 2. The molecule has 0 saturated heterocycles. The minimum Gasteiger partial charge on any atom is -0.258 e. The number of aryl methyl sites for hydroxylation is 2. The Balaban J connectivity index is 2.34. The normalized spacial score (nSPS) is 10.4. The first-order chi connectivity index (χ1) is 9.88. The zero-order valence-electron chi connectivity index (χ0n) is 11.4. The van der Waals surface area contributed by atoms with Crippen molar-refractivity contribution in [2.24, 2.45) is 0 Å². The highest BCUT2D eigenvalue weighted by Gasteiger charge is 2.14. The summed E-state index contributed by atoms with van der Waals surface area (Å²) < 4.78 is 0. The van der Waals surface area contributed by atoms with Crippen LogP contribution in [0.5, 0.6) is 0 Å². The molecule has 6 nitrogen and oxygen atoms in total. The topological polar surface area (TPSA) is 86.3 Å². The van der Waals surface area contributed by atoms with Gasteiger partial charge in [-0.25, -0.2) is 0 Å². The lowest BCUT2D eigenvalue weighted by molar-refractivity contribution is -0.385. The SMILES string of the molecule is Cc1ccc(Sc2ccc(C)c([N+](=O)[O-])c2)cc1[N+](=O)[O-]. The van der Waals surface area contributed by atoms with Crippen molar-refractivity contribution in [2.45, 2.75) is 23.6 Å². The first-order valence-electron chi connectivity index (χ1n) is 6.06. The Kier molecular flexibility index (Phi) is 4.23. The molecule has 0 unspecified atom stereocenters. The first kappa shape index (κ1) is 15.0. The summed E-state index contributed by atoms with van der Waals surface area (Å²) in [6.45, 7) is 3.34. The molecule has 0 aliphatic rings. The molecule has 0 amide bonds. The maximum atomic E-state index is 10.9. The fraction of sp³-hybridized carbons (Fsp3) is 0.143. The van der Waals surface area contributed by atoms with Crippen LogP contribution in [0.2, 0.25) is 0 Å². The van der Waals surface area contributed by atoms with E-state index in [-0.39, 0.29) is 11.4 Å². The molecule has 2 aromatic rings. The van der Waals surface area contributed by atoms with Crippen LogP contribution in [0.3, 0.4) is 0 Å². The lowest BCUT2D eigenvalue weighted by Crippen LogP contribution is -1.92. The minimum atomic E-state index is -0.434. The van der Waals surface area contributed by atoms with Crippen LogP contribution in [-0.2, 0) is 0 Å². The summed E-state index contributed by atoms with van der Waals surface area (Å²) in [5.41, 5.74) is 1.25. The van der Waals surface area contributed by atoms with Gasteiger partial charge >= 0.3 is 0 Å². The highest BCUT2D eigenvalue weighted by atomic mass is 32.2. The van der Waals surface area contributed by atoms with E-state index in [9.17, 15) is 20.2 Å². The molecule has 0 bridgehead atoms. The second-order valence-corrected chi connectivity index (χ2v) is 5.66. The van der Waals surface area contributed by atoms with Crippen LogP contribution in [0.1, 0.15) is 11.1 Å². The van der Waals surface area contributed by atoms with E-state index in [2.05, 4.69) is 0 Å². The second kappa shape index (κ2) is 5.92. The van der Waals surface area contributed by atoms with Gasteiger partial charge in [0.25, 0.3) is 11.4 Å². The zero-order valence-corrected chi connectivity index (χ0v) is 12.2. The fourth-order valence-corrected chi connectivity index (χ4v) is 2.72. The largest absolute Gasteiger partial charge is 0.273 e. The molecule has 0 heterocycles. The first-order valence-corrected chi connectivity index (χ1v) is 6.88. The molecule has 0 saturated carbocycles. The third kappa shape index (κ3) is 3.38. The van der Waals surface area contributed by atoms with Gasteiger partial charge in [0.15, 0.2) is 0 Å². The van der Waals surface area contributed by atoms with Gasteiger partial charge in [-0.15, -0.1) is 0 Å². The molecule has 7 heteroatoms. The molecule has 0 atom stereocenters. The van der Waals surface area contributed by atoms with E-state index in [1.54, 1.807) is 38.1 Å². The number of rotatable bonds is 4. The Labute approximate surface area is 125 Å². The Morgan fingerprint density at radius 3 is 1.52 bits per heavy atom. The maximum absolute atomic E-state index is 10.9. The molecule has 0 aliphatic heterocycles. The molecular weight excluding hydrogens is 292 g/mol. The number of nitrogens with zero attached hydrogens (tertiary/aromatic N) is 2. The molecule has 0 aromatic heterocycles. The molecule has 0 radical (unpaired) electrons. The van der Waals surface area contributed by atoms with Crippen LogP contribution in [0, 0.1) is 34.1 Å². The van der Waals surface area contributed by atoms with E-state index in [0.29, 0.717) is 20.9 Å². The Morgan fingerprint density at radius 1 is 0.810 bits per heavy atom. The summed E-state index contributed by atoms with van der Waals surface area (Å²) >= 11 is 1.26. The van der Waals surface area contributed by atoms with Gasteiger partial charge < -0.3 is 0 Å². The van der Waals surface area contributed by atoms with Crippen LogP contribution in [0.25, 0.3) is 0 Å². The predicted octanol–water partition coefficient (Wildman–Crippen LogP) is 4.27. The molecule has 0 spiro atoms. The van der Waals surface area contributed by atoms with Crippen LogP contribution in [0.4, 0.5) is 11.4 Å². The van der Waals surface area contributed by atoms with Crippen molar-refractivity contribution in [1.82, 2.24) is 0 Å². The molecule has 2 rings (SSSR count). The number of hydrogen-bond donors (Lipinski definition) is 0. The Hall–Kier alpha value is -2.41. The van der Waals surface area contributed by atoms with Gasteiger partial charge in [0.2, 0.25) is 0 Å². The van der Waals surface area contributed by atoms with Crippen LogP contribution in [0.15, 0.2) is 46.2 Å². The highest BCUT2D eigenvalue weighted by Crippen LogP contribution is 2.34. The van der Waals surface area contributed by atoms with E-state index < -0.39 is 9.85 Å². The Bertz CT molecular complexity index is 669. The summed E-state index contributed by atoms with van der Waals surface area (Å²) in [4.78, 5) is 22.3. The van der Waals surface area contributed by atoms with E-state index in [0.717, 1.165) is 0 Å². The van der Waals surface area contributed by atoms with Crippen LogP contribution in [-0.4, -0.2) is 9.85 Å². The molecule has 2 aromatic carbocycles. The van der Waals surface area contributed by atoms with Crippen molar-refractivity contribution in [3.05, 3.63) is 67.8 Å². The smallest absolute Gasteiger partial charge is 0.258 e. The van der Waals surface area contributed by atoms with Gasteiger partial charge in [-0.3, -0.25) is 20.2 Å². The van der Waals surface area contributed by atoms with Crippen molar-refractivity contribution in [3.8, 4) is 0 Å². The average Bonchev–Trinajstić information content (AvgIpc) is 2.42. The van der Waals surface area contributed by atoms with Gasteiger partial charge in [0, 0.05) is 33.1 Å². The summed E-state index contributed by atoms with van der Waals surface area (Å²) in [5, 5.41) is 21.8. The van der Waals surface area contributed by atoms with Crippen LogP contribution < -0.4 is 0 Å². The number of hydrogen-bond acceptors (Lipinski definition) is 5. The zero-order chi connectivity index (χ0) is 15.6. The lowest BCUT2D eigenvalue weighted by Gasteiger charge is -2.04. The third-order valence-electron chi connectivity index (χ3n) is 2.99. The van der Waals surface area contributed by atoms with Crippen molar-refractivity contribution >= 4 is 23.1 Å². The van der Waals surface area contributed by atoms with Gasteiger partial charge in [-0.05, 0) is 26.0 Å². The number of benzene rings is 2. The summed E-state index contributed by atoms with van der Waals surface area (Å²) in [6, 6.07) is 9.82. The van der Waals surface area contributed by atoms with Crippen molar-refractivity contribution in [1.29, 1.82) is 0 Å². The summed E-state index contributed by atoms with van der Waals surface area (Å²) in [5.74, 6) is 0. The highest BCUT2D eigenvalue weighted by molar-refractivity contribution is 7.99. The van der Waals surface area contributed by atoms with Crippen LogP contribution >= 0.6 is 11.8 Å². The van der Waals surface area contributed by atoms with E-state index in [1.807, 2.05) is 0 Å². The van der Waals surface area contributed by atoms with Gasteiger partial charge in [-0.1, -0.05) is 23.9 Å². The number of nitro groups is 2. The lowest BCUT2D eigenvalue weighted by atomic mass is 10.2. The monoisotopic (exact) mass is 304 g/mol. The maximum Gasteiger partial charge on any atom is 0.273 e. The summed E-state index contributed by atoms with van der Waals surface area (Å²) in [7, 11) is 0. The molecule has 21 heavy (non-hydrogen) atoms. The molecule has 0 aliphatic carbocycles. The van der Waals surface area contributed by atoms with Gasteiger partial charge in [0.1, 0.15) is 0 Å². The molecule has 0 fully saturated rings. The summed E-state index contributed by atoms with van der Waals surface area (Å²) in [6.07, 6.45) is 0. The minimum absolute atomic E-state index is 0.0432. The van der Waals surface area contributed by atoms with E-state index in [4.69, 9.17) is 0 Å². The molecule has 0 N–H and O–H groups in total. The second-order valence-electron chi connectivity index (χ2n) is 4.51. The van der Waals surface area contributed by atoms with Gasteiger partial charge in [0.05, 0.1) is 9.85 Å². The molecular formula is C14H12N2O4S.